The van der Waals surface area contributed by atoms with Crippen LogP contribution in [-0.2, 0) is 6.42 Å². The molecule has 7 heteroatoms. The van der Waals surface area contributed by atoms with E-state index >= 15 is 0 Å². The molecule has 1 aliphatic carbocycles. The van der Waals surface area contributed by atoms with Gasteiger partial charge >= 0.3 is 0 Å². The van der Waals surface area contributed by atoms with Crippen LogP contribution in [-0.4, -0.2) is 30.9 Å². The van der Waals surface area contributed by atoms with Crippen LogP contribution in [0.1, 0.15) is 28.0 Å². The van der Waals surface area contributed by atoms with E-state index in [9.17, 15) is 14.3 Å². The Hall–Kier alpha value is -3.09. The zero-order chi connectivity index (χ0) is 16.8. The van der Waals surface area contributed by atoms with Crippen molar-refractivity contribution >= 4 is 5.78 Å². The van der Waals surface area contributed by atoms with Crippen LogP contribution in [0.15, 0.2) is 30.5 Å². The van der Waals surface area contributed by atoms with Crippen LogP contribution in [0, 0.1) is 12.9 Å². The van der Waals surface area contributed by atoms with Gasteiger partial charge in [0.2, 0.25) is 5.95 Å². The molecule has 0 saturated heterocycles. The Morgan fingerprint density at radius 2 is 2.00 bits per heavy atom. The molecule has 0 fully saturated rings. The first-order chi connectivity index (χ1) is 11.6. The molecule has 0 spiro atoms. The first kappa shape index (κ1) is 14.5. The lowest BCUT2D eigenvalue weighted by atomic mass is 10.0. The van der Waals surface area contributed by atoms with Crippen molar-refractivity contribution in [2.45, 2.75) is 19.8 Å². The van der Waals surface area contributed by atoms with Crippen molar-refractivity contribution in [3.05, 3.63) is 53.2 Å². The van der Waals surface area contributed by atoms with E-state index in [0.29, 0.717) is 40.9 Å². The van der Waals surface area contributed by atoms with E-state index in [1.54, 1.807) is 31.2 Å². The maximum atomic E-state index is 13.9. The molecule has 24 heavy (non-hydrogen) atoms. The molecule has 0 amide bonds. The lowest BCUT2D eigenvalue weighted by Crippen LogP contribution is -2.03. The Labute approximate surface area is 136 Å². The lowest BCUT2D eigenvalue weighted by Gasteiger charge is -2.08. The van der Waals surface area contributed by atoms with Gasteiger partial charge in [-0.1, -0.05) is 11.3 Å². The molecule has 2 aromatic heterocycles. The Morgan fingerprint density at radius 3 is 2.79 bits per heavy atom. The number of hydrogen-bond acceptors (Lipinski definition) is 5. The molecule has 1 N–H and O–H groups in total. The van der Waals surface area contributed by atoms with Crippen LogP contribution in [0.4, 0.5) is 4.39 Å². The fourth-order valence-electron chi connectivity index (χ4n) is 3.06. The summed E-state index contributed by atoms with van der Waals surface area (Å²) in [4.78, 5) is 15.4. The van der Waals surface area contributed by atoms with Gasteiger partial charge in [0.15, 0.2) is 5.78 Å². The average molecular weight is 324 g/mol. The monoisotopic (exact) mass is 324 g/mol. The lowest BCUT2D eigenvalue weighted by molar-refractivity contribution is 0.0994. The third-order valence-corrected chi connectivity index (χ3v) is 4.30. The summed E-state index contributed by atoms with van der Waals surface area (Å²) >= 11 is 0. The predicted molar refractivity (Wildman–Crippen MR) is 83.6 cm³/mol. The van der Waals surface area contributed by atoms with E-state index in [4.69, 9.17) is 0 Å². The SMILES string of the molecule is Cc1c(-c2ccc3c(c2O)CCC3=O)nnn1-c1cccnc1F. The van der Waals surface area contributed by atoms with E-state index in [2.05, 4.69) is 15.3 Å². The van der Waals surface area contributed by atoms with Crippen LogP contribution in [0.5, 0.6) is 5.75 Å². The first-order valence-corrected chi connectivity index (χ1v) is 7.49. The number of aromatic nitrogens is 4. The normalized spacial score (nSPS) is 13.3. The van der Waals surface area contributed by atoms with Gasteiger partial charge in [0.1, 0.15) is 17.1 Å². The number of aromatic hydroxyl groups is 1. The Balaban J connectivity index is 1.86. The smallest absolute Gasteiger partial charge is 0.238 e. The van der Waals surface area contributed by atoms with Crippen LogP contribution in [0.2, 0.25) is 0 Å². The standard InChI is InChI=1S/C17H13FN4O2/c1-9-15(20-21-22(9)13-3-2-8-19-17(13)18)12-5-4-10-11(16(12)24)6-7-14(10)23/h2-5,8,24H,6-7H2,1H3. The molecule has 0 atom stereocenters. The number of benzene rings is 1. The summed E-state index contributed by atoms with van der Waals surface area (Å²) in [6, 6.07) is 6.51. The number of carbonyl (C=O) groups is 1. The third kappa shape index (κ3) is 2.01. The molecule has 3 aromatic rings. The van der Waals surface area contributed by atoms with Gasteiger partial charge in [-0.25, -0.2) is 9.67 Å². The quantitative estimate of drug-likeness (QED) is 0.733. The predicted octanol–water partition coefficient (Wildman–Crippen LogP) is 2.61. The molecule has 0 radical (unpaired) electrons. The number of phenolic OH excluding ortho intramolecular Hbond substituents is 1. The van der Waals surface area contributed by atoms with E-state index in [0.717, 1.165) is 0 Å². The number of halogens is 1. The number of Topliss-reactive ketones (excluding diaryl/α,β-unsaturated/α-hetero) is 1. The zero-order valence-electron chi connectivity index (χ0n) is 12.8. The third-order valence-electron chi connectivity index (χ3n) is 4.30. The molecule has 6 nitrogen and oxygen atoms in total. The molecule has 1 aliphatic rings. The van der Waals surface area contributed by atoms with Gasteiger partial charge in [-0.05, 0) is 31.5 Å². The van der Waals surface area contributed by atoms with Gasteiger partial charge in [0.25, 0.3) is 0 Å². The largest absolute Gasteiger partial charge is 0.507 e. The number of carbonyl (C=O) groups excluding carboxylic acids is 1. The second kappa shape index (κ2) is 5.23. The maximum Gasteiger partial charge on any atom is 0.238 e. The summed E-state index contributed by atoms with van der Waals surface area (Å²) in [6.45, 7) is 1.74. The van der Waals surface area contributed by atoms with Gasteiger partial charge in [0.05, 0.1) is 5.69 Å². The topological polar surface area (TPSA) is 80.9 Å². The van der Waals surface area contributed by atoms with E-state index in [1.165, 1.54) is 10.9 Å². The van der Waals surface area contributed by atoms with Crippen molar-refractivity contribution in [1.29, 1.82) is 0 Å². The number of ketones is 1. The van der Waals surface area contributed by atoms with Gasteiger partial charge < -0.3 is 5.11 Å². The zero-order valence-corrected chi connectivity index (χ0v) is 12.8. The minimum absolute atomic E-state index is 0.0321. The summed E-state index contributed by atoms with van der Waals surface area (Å²) in [7, 11) is 0. The molecule has 0 bridgehead atoms. The second-order valence-electron chi connectivity index (χ2n) is 5.66. The Morgan fingerprint density at radius 1 is 1.21 bits per heavy atom. The highest BCUT2D eigenvalue weighted by atomic mass is 19.1. The van der Waals surface area contributed by atoms with Gasteiger partial charge in [-0.3, -0.25) is 4.79 Å². The molecule has 2 heterocycles. The summed E-state index contributed by atoms with van der Waals surface area (Å²) in [5, 5.41) is 18.6. The molecule has 0 saturated carbocycles. The van der Waals surface area contributed by atoms with Crippen molar-refractivity contribution in [1.82, 2.24) is 20.0 Å². The maximum absolute atomic E-state index is 13.9. The minimum atomic E-state index is -0.652. The number of pyridine rings is 1. The molecular formula is C17H13FN4O2. The van der Waals surface area contributed by atoms with E-state index in [-0.39, 0.29) is 17.2 Å². The van der Waals surface area contributed by atoms with Crippen LogP contribution >= 0.6 is 0 Å². The summed E-state index contributed by atoms with van der Waals surface area (Å²) < 4.78 is 15.2. The van der Waals surface area contributed by atoms with Crippen molar-refractivity contribution in [2.24, 2.45) is 0 Å². The van der Waals surface area contributed by atoms with E-state index < -0.39 is 5.95 Å². The van der Waals surface area contributed by atoms with E-state index in [1.807, 2.05) is 0 Å². The highest BCUT2D eigenvalue weighted by Crippen LogP contribution is 2.38. The van der Waals surface area contributed by atoms with Crippen LogP contribution in [0.3, 0.4) is 0 Å². The summed E-state index contributed by atoms with van der Waals surface area (Å²) in [5.41, 5.74) is 2.87. The van der Waals surface area contributed by atoms with Crippen LogP contribution in [0.25, 0.3) is 16.9 Å². The first-order valence-electron chi connectivity index (χ1n) is 7.49. The van der Waals surface area contributed by atoms with Crippen molar-refractivity contribution in [3.63, 3.8) is 0 Å². The highest BCUT2D eigenvalue weighted by Gasteiger charge is 2.26. The van der Waals surface area contributed by atoms with Crippen molar-refractivity contribution < 1.29 is 14.3 Å². The average Bonchev–Trinajstić information content (AvgIpc) is 3.13. The van der Waals surface area contributed by atoms with Gasteiger partial charge in [-0.2, -0.15) is 4.39 Å². The second-order valence-corrected chi connectivity index (χ2v) is 5.66. The number of hydrogen-bond donors (Lipinski definition) is 1. The molecule has 0 aliphatic heterocycles. The molecule has 4 rings (SSSR count). The number of nitrogens with zero attached hydrogens (tertiary/aromatic N) is 4. The molecular weight excluding hydrogens is 311 g/mol. The molecule has 120 valence electrons. The van der Waals surface area contributed by atoms with Gasteiger partial charge in [0, 0.05) is 29.3 Å². The Bertz CT molecular complexity index is 981. The fraction of sp³-hybridized carbons (Fsp3) is 0.176. The Kier molecular flexibility index (Phi) is 3.16. The summed E-state index contributed by atoms with van der Waals surface area (Å²) in [5.74, 6) is -0.578. The fourth-order valence-corrected chi connectivity index (χ4v) is 3.06. The molecule has 0 unspecified atom stereocenters. The van der Waals surface area contributed by atoms with Crippen molar-refractivity contribution in [2.75, 3.05) is 0 Å². The minimum Gasteiger partial charge on any atom is -0.507 e. The highest BCUT2D eigenvalue weighted by molar-refractivity contribution is 6.02. The number of phenols is 1. The van der Waals surface area contributed by atoms with Gasteiger partial charge in [-0.15, -0.1) is 5.10 Å². The number of fused-ring (bicyclic) bond motifs is 1. The molecule has 1 aromatic carbocycles. The van der Waals surface area contributed by atoms with Crippen LogP contribution < -0.4 is 0 Å². The van der Waals surface area contributed by atoms with Crippen molar-refractivity contribution in [3.8, 4) is 22.7 Å². The summed E-state index contributed by atoms with van der Waals surface area (Å²) in [6.07, 6.45) is 2.27. The number of rotatable bonds is 2.